The van der Waals surface area contributed by atoms with Gasteiger partial charge in [-0.1, -0.05) is 0 Å². The third kappa shape index (κ3) is 2.65. The van der Waals surface area contributed by atoms with Crippen LogP contribution in [0.1, 0.15) is 27.3 Å². The number of carbonyl (C=O) groups excluding carboxylic acids is 2. The van der Waals surface area contributed by atoms with Gasteiger partial charge < -0.3 is 20.2 Å². The van der Waals surface area contributed by atoms with Crippen LogP contribution in [-0.2, 0) is 0 Å². The van der Waals surface area contributed by atoms with E-state index < -0.39 is 5.91 Å². The van der Waals surface area contributed by atoms with Gasteiger partial charge in [-0.05, 0) is 32.3 Å². The molecule has 0 radical (unpaired) electrons. The SMILES string of the molecule is CN(C)CCC(=O)c1c(O)ccc2oc(C(N)=O)cc12. The zero-order chi connectivity index (χ0) is 14.9. The van der Waals surface area contributed by atoms with Gasteiger partial charge in [0.15, 0.2) is 11.5 Å². The van der Waals surface area contributed by atoms with Crippen molar-refractivity contribution in [3.05, 3.63) is 29.5 Å². The average Bonchev–Trinajstić information content (AvgIpc) is 2.79. The molecule has 106 valence electrons. The number of ketones is 1. The molecule has 1 aromatic heterocycles. The molecule has 0 bridgehead atoms. The Bertz CT molecular complexity index is 673. The number of Topliss-reactive ketones (excluding diaryl/α,β-unsaturated/α-hetero) is 1. The molecule has 6 nitrogen and oxygen atoms in total. The predicted molar refractivity (Wildman–Crippen MR) is 73.9 cm³/mol. The highest BCUT2D eigenvalue weighted by Crippen LogP contribution is 2.30. The topological polar surface area (TPSA) is 96.8 Å². The number of nitrogens with zero attached hydrogens (tertiary/aromatic N) is 1. The van der Waals surface area contributed by atoms with E-state index in [0.717, 1.165) is 0 Å². The maximum absolute atomic E-state index is 12.2. The molecule has 0 aliphatic heterocycles. The smallest absolute Gasteiger partial charge is 0.284 e. The van der Waals surface area contributed by atoms with Gasteiger partial charge >= 0.3 is 0 Å². The van der Waals surface area contributed by atoms with Gasteiger partial charge in [0.1, 0.15) is 11.3 Å². The monoisotopic (exact) mass is 276 g/mol. The lowest BCUT2D eigenvalue weighted by Crippen LogP contribution is -2.16. The second kappa shape index (κ2) is 5.34. The average molecular weight is 276 g/mol. The molecule has 3 N–H and O–H groups in total. The van der Waals surface area contributed by atoms with Crippen LogP contribution in [0.2, 0.25) is 0 Å². The number of carbonyl (C=O) groups is 2. The molecule has 0 aliphatic carbocycles. The fourth-order valence-corrected chi connectivity index (χ4v) is 1.96. The molecule has 0 saturated heterocycles. The van der Waals surface area contributed by atoms with E-state index in [2.05, 4.69) is 0 Å². The van der Waals surface area contributed by atoms with Crippen LogP contribution in [0.3, 0.4) is 0 Å². The molecule has 6 heteroatoms. The molecular formula is C14H16N2O4. The van der Waals surface area contributed by atoms with Crippen LogP contribution < -0.4 is 5.73 Å². The lowest BCUT2D eigenvalue weighted by molar-refractivity contribution is 0.0965. The minimum absolute atomic E-state index is 0.0349. The number of phenols is 1. The Hall–Kier alpha value is -2.34. The summed E-state index contributed by atoms with van der Waals surface area (Å²) in [5.74, 6) is -1.09. The third-order valence-corrected chi connectivity index (χ3v) is 2.99. The van der Waals surface area contributed by atoms with Crippen molar-refractivity contribution >= 4 is 22.7 Å². The van der Waals surface area contributed by atoms with Gasteiger partial charge in [-0.25, -0.2) is 0 Å². The lowest BCUT2D eigenvalue weighted by atomic mass is 10.0. The van der Waals surface area contributed by atoms with Crippen molar-refractivity contribution in [2.45, 2.75) is 6.42 Å². The van der Waals surface area contributed by atoms with Gasteiger partial charge in [0, 0.05) is 18.4 Å². The Kier molecular flexibility index (Phi) is 3.76. The highest BCUT2D eigenvalue weighted by atomic mass is 16.3. The highest BCUT2D eigenvalue weighted by Gasteiger charge is 2.19. The summed E-state index contributed by atoms with van der Waals surface area (Å²) in [6.45, 7) is 0.565. The summed E-state index contributed by atoms with van der Waals surface area (Å²) < 4.78 is 5.25. The Morgan fingerprint density at radius 3 is 2.65 bits per heavy atom. The zero-order valence-corrected chi connectivity index (χ0v) is 11.3. The minimum atomic E-state index is -0.715. The Labute approximate surface area is 115 Å². The number of rotatable bonds is 5. The molecular weight excluding hydrogens is 260 g/mol. The first-order valence-electron chi connectivity index (χ1n) is 6.13. The van der Waals surface area contributed by atoms with Gasteiger partial charge in [-0.3, -0.25) is 9.59 Å². The highest BCUT2D eigenvalue weighted by molar-refractivity contribution is 6.11. The number of phenolic OH excluding ortho intramolecular Hbond substituents is 1. The van der Waals surface area contributed by atoms with Crippen molar-refractivity contribution in [2.24, 2.45) is 5.73 Å². The summed E-state index contributed by atoms with van der Waals surface area (Å²) in [5, 5.41) is 10.3. The summed E-state index contributed by atoms with van der Waals surface area (Å²) in [4.78, 5) is 25.2. The van der Waals surface area contributed by atoms with Crippen molar-refractivity contribution in [3.63, 3.8) is 0 Å². The van der Waals surface area contributed by atoms with E-state index in [1.165, 1.54) is 18.2 Å². The van der Waals surface area contributed by atoms with Crippen LogP contribution >= 0.6 is 0 Å². The third-order valence-electron chi connectivity index (χ3n) is 2.99. The summed E-state index contributed by atoms with van der Waals surface area (Å²) in [6.07, 6.45) is 0.261. The van der Waals surface area contributed by atoms with Crippen molar-refractivity contribution in [2.75, 3.05) is 20.6 Å². The van der Waals surface area contributed by atoms with Crippen LogP contribution in [0.4, 0.5) is 0 Å². The van der Waals surface area contributed by atoms with E-state index in [0.29, 0.717) is 17.5 Å². The number of benzene rings is 1. The van der Waals surface area contributed by atoms with Crippen LogP contribution in [0, 0.1) is 0 Å². The van der Waals surface area contributed by atoms with Gasteiger partial charge in [0.05, 0.1) is 5.56 Å². The fraction of sp³-hybridized carbons (Fsp3) is 0.286. The summed E-state index contributed by atoms with van der Waals surface area (Å²) in [6, 6.07) is 4.26. The van der Waals surface area contributed by atoms with Crippen LogP contribution in [0.15, 0.2) is 22.6 Å². The molecule has 0 fully saturated rings. The van der Waals surface area contributed by atoms with E-state index in [1.807, 2.05) is 19.0 Å². The fourth-order valence-electron chi connectivity index (χ4n) is 1.96. The van der Waals surface area contributed by atoms with Crippen molar-refractivity contribution in [1.82, 2.24) is 4.90 Å². The van der Waals surface area contributed by atoms with Crippen LogP contribution in [0.25, 0.3) is 11.0 Å². The number of hydrogen-bond donors (Lipinski definition) is 2. The molecule has 1 heterocycles. The first-order chi connectivity index (χ1) is 9.40. The number of furan rings is 1. The molecule has 0 saturated carbocycles. The predicted octanol–water partition coefficient (Wildman–Crippen LogP) is 1.37. The maximum Gasteiger partial charge on any atom is 0.284 e. The number of aromatic hydroxyl groups is 1. The molecule has 1 aromatic carbocycles. The largest absolute Gasteiger partial charge is 0.507 e. The maximum atomic E-state index is 12.2. The van der Waals surface area contributed by atoms with E-state index in [9.17, 15) is 14.7 Å². The second-order valence-corrected chi connectivity index (χ2v) is 4.82. The molecule has 0 atom stereocenters. The summed E-state index contributed by atoms with van der Waals surface area (Å²) >= 11 is 0. The second-order valence-electron chi connectivity index (χ2n) is 4.82. The Morgan fingerprint density at radius 2 is 2.05 bits per heavy atom. The van der Waals surface area contributed by atoms with Gasteiger partial charge in [-0.15, -0.1) is 0 Å². The normalized spacial score (nSPS) is 11.2. The summed E-state index contributed by atoms with van der Waals surface area (Å²) in [5.41, 5.74) is 5.67. The van der Waals surface area contributed by atoms with Crippen molar-refractivity contribution < 1.29 is 19.1 Å². The Balaban J connectivity index is 2.47. The molecule has 0 unspecified atom stereocenters. The molecule has 20 heavy (non-hydrogen) atoms. The van der Waals surface area contributed by atoms with Gasteiger partial charge in [-0.2, -0.15) is 0 Å². The molecule has 2 aromatic rings. The van der Waals surface area contributed by atoms with Crippen molar-refractivity contribution in [1.29, 1.82) is 0 Å². The standard InChI is InChI=1S/C14H16N2O4/c1-16(2)6-5-10(18)13-8-7-12(14(15)19)20-11(8)4-3-9(13)17/h3-4,7,17H,5-6H2,1-2H3,(H2,15,19). The van der Waals surface area contributed by atoms with E-state index in [4.69, 9.17) is 10.2 Å². The first kappa shape index (κ1) is 14.1. The van der Waals surface area contributed by atoms with E-state index in [-0.39, 0.29) is 29.3 Å². The van der Waals surface area contributed by atoms with Crippen LogP contribution in [0.5, 0.6) is 5.75 Å². The zero-order valence-electron chi connectivity index (χ0n) is 11.3. The first-order valence-corrected chi connectivity index (χ1v) is 6.13. The number of hydrogen-bond acceptors (Lipinski definition) is 5. The lowest BCUT2D eigenvalue weighted by Gasteiger charge is -2.09. The van der Waals surface area contributed by atoms with E-state index >= 15 is 0 Å². The number of nitrogens with two attached hydrogens (primary N) is 1. The number of amides is 1. The number of fused-ring (bicyclic) bond motifs is 1. The Morgan fingerprint density at radius 1 is 1.35 bits per heavy atom. The molecule has 0 spiro atoms. The number of primary amides is 1. The van der Waals surface area contributed by atoms with Crippen molar-refractivity contribution in [3.8, 4) is 5.75 Å². The van der Waals surface area contributed by atoms with Crippen LogP contribution in [-0.4, -0.2) is 42.3 Å². The quantitative estimate of drug-likeness (QED) is 0.804. The molecule has 2 rings (SSSR count). The van der Waals surface area contributed by atoms with Gasteiger partial charge in [0.25, 0.3) is 5.91 Å². The summed E-state index contributed by atoms with van der Waals surface area (Å²) in [7, 11) is 3.72. The molecule has 1 amide bonds. The minimum Gasteiger partial charge on any atom is -0.507 e. The molecule has 0 aliphatic rings. The van der Waals surface area contributed by atoms with E-state index in [1.54, 1.807) is 0 Å². The van der Waals surface area contributed by atoms with Gasteiger partial charge in [0.2, 0.25) is 0 Å².